The first kappa shape index (κ1) is 17.6. The van der Waals surface area contributed by atoms with E-state index in [1.54, 1.807) is 6.07 Å². The van der Waals surface area contributed by atoms with Crippen molar-refractivity contribution in [2.75, 3.05) is 18.0 Å². The number of rotatable bonds is 2. The van der Waals surface area contributed by atoms with E-state index in [0.717, 1.165) is 53.6 Å². The molecule has 2 aromatic heterocycles. The number of hydrogen-bond acceptors (Lipinski definition) is 3. The number of benzene rings is 2. The van der Waals surface area contributed by atoms with E-state index < -0.39 is 0 Å². The maximum Gasteiger partial charge on any atom is 0.326 e. The van der Waals surface area contributed by atoms with Gasteiger partial charge in [-0.15, -0.1) is 0 Å². The van der Waals surface area contributed by atoms with Crippen LogP contribution in [0.2, 0.25) is 10.0 Å². The molecular formula is C21H18Cl2N4O. The Kier molecular flexibility index (Phi) is 4.29. The highest BCUT2D eigenvalue weighted by Gasteiger charge is 2.24. The van der Waals surface area contributed by atoms with Crippen LogP contribution in [0, 0.1) is 0 Å². The van der Waals surface area contributed by atoms with Crippen LogP contribution in [0.1, 0.15) is 18.9 Å². The largest absolute Gasteiger partial charge is 0.371 e. The van der Waals surface area contributed by atoms with Crippen molar-refractivity contribution < 1.29 is 0 Å². The molecule has 5 nitrogen and oxygen atoms in total. The van der Waals surface area contributed by atoms with Crippen molar-refractivity contribution in [3.63, 3.8) is 0 Å². The quantitative estimate of drug-likeness (QED) is 0.502. The molecule has 1 fully saturated rings. The van der Waals surface area contributed by atoms with Gasteiger partial charge in [0.15, 0.2) is 0 Å². The highest BCUT2D eigenvalue weighted by molar-refractivity contribution is 6.31. The Bertz CT molecular complexity index is 1240. The number of H-pyrrole nitrogens is 1. The number of aromatic nitrogens is 3. The number of aromatic amines is 1. The van der Waals surface area contributed by atoms with Gasteiger partial charge in [0.25, 0.3) is 0 Å². The fourth-order valence-corrected chi connectivity index (χ4v) is 4.55. The number of imidazole rings is 1. The summed E-state index contributed by atoms with van der Waals surface area (Å²) in [5.74, 6) is 0. The number of pyridine rings is 1. The fraction of sp³-hybridized carbons (Fsp3) is 0.238. The summed E-state index contributed by atoms with van der Waals surface area (Å²) in [6, 6.07) is 13.6. The number of hydrogen-bond donors (Lipinski definition) is 1. The first-order valence-corrected chi connectivity index (χ1v) is 10.0. The SMILES string of the molecule is O=c1[nH]c2cc(Cl)ccc2n1C1CCN(c2ccnc3cc(Cl)ccc23)CC1. The number of anilines is 1. The summed E-state index contributed by atoms with van der Waals surface area (Å²) in [5, 5.41) is 2.42. The minimum Gasteiger partial charge on any atom is -0.371 e. The molecule has 0 unspecified atom stereocenters. The normalized spacial score (nSPS) is 15.6. The molecule has 1 saturated heterocycles. The lowest BCUT2D eigenvalue weighted by Crippen LogP contribution is -2.37. The van der Waals surface area contributed by atoms with Gasteiger partial charge in [0.2, 0.25) is 0 Å². The van der Waals surface area contributed by atoms with Crippen LogP contribution in [0.5, 0.6) is 0 Å². The van der Waals surface area contributed by atoms with Gasteiger partial charge in [0, 0.05) is 46.4 Å². The number of halogens is 2. The predicted molar refractivity (Wildman–Crippen MR) is 115 cm³/mol. The second-order valence-electron chi connectivity index (χ2n) is 7.17. The standard InChI is InChI=1S/C21H18Cl2N4O/c22-13-1-3-16-17(11-13)24-8-5-19(16)26-9-6-15(7-10-26)27-20-4-2-14(23)12-18(20)25-21(27)28/h1-5,8,11-12,15H,6-7,9-10H2,(H,25,28). The van der Waals surface area contributed by atoms with Crippen molar-refractivity contribution >= 4 is 50.8 Å². The Balaban J connectivity index is 1.43. The fourth-order valence-electron chi connectivity index (χ4n) is 4.21. The minimum atomic E-state index is -0.0697. The van der Waals surface area contributed by atoms with Crippen LogP contribution >= 0.6 is 23.2 Å². The summed E-state index contributed by atoms with van der Waals surface area (Å²) in [7, 11) is 0. The molecule has 0 saturated carbocycles. The molecule has 142 valence electrons. The van der Waals surface area contributed by atoms with Crippen LogP contribution in [-0.2, 0) is 0 Å². The zero-order chi connectivity index (χ0) is 19.3. The van der Waals surface area contributed by atoms with Gasteiger partial charge in [-0.05, 0) is 55.3 Å². The van der Waals surface area contributed by atoms with Gasteiger partial charge in [0.1, 0.15) is 0 Å². The van der Waals surface area contributed by atoms with E-state index in [1.807, 2.05) is 41.1 Å². The third-order valence-electron chi connectivity index (χ3n) is 5.53. The first-order valence-electron chi connectivity index (χ1n) is 9.29. The van der Waals surface area contributed by atoms with E-state index in [9.17, 15) is 4.79 Å². The van der Waals surface area contributed by atoms with Crippen molar-refractivity contribution in [1.29, 1.82) is 0 Å². The molecule has 3 heterocycles. The van der Waals surface area contributed by atoms with E-state index in [0.29, 0.717) is 10.0 Å². The van der Waals surface area contributed by atoms with Crippen molar-refractivity contribution in [2.45, 2.75) is 18.9 Å². The lowest BCUT2D eigenvalue weighted by atomic mass is 10.0. The Hall–Kier alpha value is -2.50. The summed E-state index contributed by atoms with van der Waals surface area (Å²) < 4.78 is 1.88. The monoisotopic (exact) mass is 412 g/mol. The molecule has 0 aliphatic carbocycles. The summed E-state index contributed by atoms with van der Waals surface area (Å²) in [4.78, 5) is 22.3. The summed E-state index contributed by atoms with van der Waals surface area (Å²) in [5.41, 5.74) is 3.70. The molecule has 28 heavy (non-hydrogen) atoms. The van der Waals surface area contributed by atoms with Gasteiger partial charge in [0.05, 0.1) is 16.6 Å². The van der Waals surface area contributed by atoms with Crippen LogP contribution in [0.25, 0.3) is 21.9 Å². The van der Waals surface area contributed by atoms with Crippen LogP contribution in [0.3, 0.4) is 0 Å². The first-order chi connectivity index (χ1) is 13.6. The summed E-state index contributed by atoms with van der Waals surface area (Å²) >= 11 is 12.2. The molecule has 0 radical (unpaired) electrons. The average molecular weight is 413 g/mol. The van der Waals surface area contributed by atoms with Gasteiger partial charge in [-0.25, -0.2) is 4.79 Å². The second-order valence-corrected chi connectivity index (χ2v) is 8.04. The molecule has 5 rings (SSSR count). The van der Waals surface area contributed by atoms with Gasteiger partial charge in [-0.3, -0.25) is 9.55 Å². The maximum absolute atomic E-state index is 12.5. The number of nitrogens with one attached hydrogen (secondary N) is 1. The smallest absolute Gasteiger partial charge is 0.326 e. The van der Waals surface area contributed by atoms with Gasteiger partial charge < -0.3 is 9.88 Å². The highest BCUT2D eigenvalue weighted by atomic mass is 35.5. The summed E-state index contributed by atoms with van der Waals surface area (Å²) in [6.45, 7) is 1.75. The molecule has 7 heteroatoms. The van der Waals surface area contributed by atoms with Gasteiger partial charge in [-0.1, -0.05) is 23.2 Å². The molecule has 1 N–H and O–H groups in total. The van der Waals surface area contributed by atoms with Gasteiger partial charge >= 0.3 is 5.69 Å². The number of piperidine rings is 1. The molecular weight excluding hydrogens is 395 g/mol. The number of nitrogens with zero attached hydrogens (tertiary/aromatic N) is 3. The maximum atomic E-state index is 12.5. The molecule has 2 aromatic carbocycles. The average Bonchev–Trinajstić information content (AvgIpc) is 3.02. The molecule has 1 aliphatic heterocycles. The minimum absolute atomic E-state index is 0.0697. The Morgan fingerprint density at radius 2 is 1.75 bits per heavy atom. The van der Waals surface area contributed by atoms with Gasteiger partial charge in [-0.2, -0.15) is 0 Å². The Morgan fingerprint density at radius 3 is 2.57 bits per heavy atom. The summed E-state index contributed by atoms with van der Waals surface area (Å²) in [6.07, 6.45) is 3.62. The highest BCUT2D eigenvalue weighted by Crippen LogP contribution is 2.32. The van der Waals surface area contributed by atoms with E-state index in [1.165, 1.54) is 0 Å². The second kappa shape index (κ2) is 6.83. The predicted octanol–water partition coefficient (Wildman–Crippen LogP) is 5.03. The van der Waals surface area contributed by atoms with E-state index in [2.05, 4.69) is 20.9 Å². The Morgan fingerprint density at radius 1 is 1.00 bits per heavy atom. The van der Waals surface area contributed by atoms with Crippen molar-refractivity contribution in [3.8, 4) is 0 Å². The zero-order valence-electron chi connectivity index (χ0n) is 15.0. The van der Waals surface area contributed by atoms with Crippen molar-refractivity contribution in [1.82, 2.24) is 14.5 Å². The van der Waals surface area contributed by atoms with Crippen LogP contribution < -0.4 is 10.6 Å². The topological polar surface area (TPSA) is 53.9 Å². The van der Waals surface area contributed by atoms with Crippen LogP contribution in [0.15, 0.2) is 53.5 Å². The lowest BCUT2D eigenvalue weighted by Gasteiger charge is -2.34. The van der Waals surface area contributed by atoms with E-state index in [4.69, 9.17) is 23.2 Å². The van der Waals surface area contributed by atoms with Crippen molar-refractivity contribution in [2.24, 2.45) is 0 Å². The molecule has 0 bridgehead atoms. The van der Waals surface area contributed by atoms with Crippen LogP contribution in [-0.4, -0.2) is 27.6 Å². The Labute approximate surface area is 171 Å². The molecule has 0 amide bonds. The molecule has 1 aliphatic rings. The van der Waals surface area contributed by atoms with E-state index in [-0.39, 0.29) is 11.7 Å². The van der Waals surface area contributed by atoms with E-state index >= 15 is 0 Å². The number of fused-ring (bicyclic) bond motifs is 2. The van der Waals surface area contributed by atoms with Crippen molar-refractivity contribution in [3.05, 3.63) is 69.2 Å². The lowest BCUT2D eigenvalue weighted by molar-refractivity contribution is 0.397. The molecule has 4 aromatic rings. The third-order valence-corrected chi connectivity index (χ3v) is 6.00. The molecule has 0 atom stereocenters. The molecule has 0 spiro atoms. The third kappa shape index (κ3) is 2.95. The van der Waals surface area contributed by atoms with Crippen LogP contribution in [0.4, 0.5) is 5.69 Å². The zero-order valence-corrected chi connectivity index (χ0v) is 16.5.